The van der Waals surface area contributed by atoms with Crippen LogP contribution in [0.25, 0.3) is 39.0 Å². The molecule has 1 aliphatic carbocycles. The molecule has 5 aromatic rings. The van der Waals surface area contributed by atoms with Crippen LogP contribution in [0.4, 0.5) is 5.69 Å². The van der Waals surface area contributed by atoms with Gasteiger partial charge in [0, 0.05) is 59.3 Å². The van der Waals surface area contributed by atoms with Crippen LogP contribution >= 0.6 is 0 Å². The van der Waals surface area contributed by atoms with E-state index in [0.29, 0.717) is 11.6 Å². The molecule has 1 amide bonds. The number of imidazole rings is 1. The lowest BCUT2D eigenvalue weighted by molar-refractivity contribution is 0.100. The van der Waals surface area contributed by atoms with Gasteiger partial charge in [0.2, 0.25) is 0 Å². The van der Waals surface area contributed by atoms with Crippen LogP contribution < -0.4 is 11.1 Å². The maximum Gasteiger partial charge on any atom is 0.250 e. The number of aryl methyl sites for hydroxylation is 1. The number of nitrogens with zero attached hydrogens (tertiary/aromatic N) is 5. The number of hydrogen-bond acceptors (Lipinski definition) is 5. The van der Waals surface area contributed by atoms with E-state index in [9.17, 15) is 4.79 Å². The van der Waals surface area contributed by atoms with Crippen molar-refractivity contribution in [3.8, 4) is 28.2 Å². The maximum atomic E-state index is 12.3. The second-order valence-corrected chi connectivity index (χ2v) is 10.1. The molecule has 0 radical (unpaired) electrons. The van der Waals surface area contributed by atoms with E-state index in [4.69, 9.17) is 10.7 Å². The number of fused-ring (bicyclic) bond motifs is 1. The molecule has 8 nitrogen and oxygen atoms in total. The van der Waals surface area contributed by atoms with Gasteiger partial charge in [-0.1, -0.05) is 43.9 Å². The molecule has 0 atom stereocenters. The van der Waals surface area contributed by atoms with Gasteiger partial charge in [-0.15, -0.1) is 0 Å². The number of nitrogens with one attached hydrogen (secondary N) is 1. The Morgan fingerprint density at radius 1 is 0.974 bits per heavy atom. The van der Waals surface area contributed by atoms with E-state index in [2.05, 4.69) is 27.5 Å². The number of benzene rings is 2. The Balaban J connectivity index is 1.40. The normalized spacial score (nSPS) is 14.4. The first-order chi connectivity index (χ1) is 18.6. The molecule has 3 N–H and O–H groups in total. The largest absolute Gasteiger partial charge is 0.382 e. The molecule has 6 rings (SSSR count). The van der Waals surface area contributed by atoms with Crippen molar-refractivity contribution in [3.05, 3.63) is 79.1 Å². The molecule has 0 unspecified atom stereocenters. The first kappa shape index (κ1) is 23.9. The molecule has 38 heavy (non-hydrogen) atoms. The minimum Gasteiger partial charge on any atom is -0.382 e. The van der Waals surface area contributed by atoms with Crippen LogP contribution in [0.15, 0.2) is 73.6 Å². The molecule has 1 aliphatic rings. The van der Waals surface area contributed by atoms with Crippen LogP contribution in [-0.4, -0.2) is 36.3 Å². The zero-order valence-electron chi connectivity index (χ0n) is 21.5. The number of anilines is 1. The predicted octanol–water partition coefficient (Wildman–Crippen LogP) is 5.72. The van der Waals surface area contributed by atoms with Gasteiger partial charge in [-0.05, 0) is 37.1 Å². The van der Waals surface area contributed by atoms with Crippen molar-refractivity contribution >= 4 is 22.4 Å². The number of rotatable bonds is 6. The topological polar surface area (TPSA) is 104 Å². The Hall–Kier alpha value is -4.46. The third-order valence-electron chi connectivity index (χ3n) is 7.42. The van der Waals surface area contributed by atoms with Crippen LogP contribution in [0, 0.1) is 0 Å². The number of aromatic nitrogens is 5. The van der Waals surface area contributed by atoms with Crippen molar-refractivity contribution in [2.75, 3.05) is 5.32 Å². The fraction of sp³-hybridized carbons (Fsp3) is 0.267. The molecule has 8 heteroatoms. The third-order valence-corrected chi connectivity index (χ3v) is 7.42. The Bertz CT molecular complexity index is 1610. The Kier molecular flexibility index (Phi) is 6.37. The van der Waals surface area contributed by atoms with Gasteiger partial charge in [0.25, 0.3) is 5.91 Å². The summed E-state index contributed by atoms with van der Waals surface area (Å²) in [4.78, 5) is 21.6. The van der Waals surface area contributed by atoms with Crippen LogP contribution in [0.3, 0.4) is 0 Å². The number of primary amides is 1. The Labute approximate surface area is 221 Å². The third kappa shape index (κ3) is 4.65. The summed E-state index contributed by atoms with van der Waals surface area (Å²) >= 11 is 0. The molecular weight excluding hydrogens is 474 g/mol. The van der Waals surface area contributed by atoms with Gasteiger partial charge >= 0.3 is 0 Å². The van der Waals surface area contributed by atoms with Gasteiger partial charge in [0.1, 0.15) is 0 Å². The minimum atomic E-state index is -0.426. The highest BCUT2D eigenvalue weighted by Crippen LogP contribution is 2.33. The standard InChI is InChI=1S/C30H31N7O/c1-36-17-21(16-34-36)27-18-37(19-33-27)28-10-6-9-24-23(28)13-14-32-29(24)20-11-12-25(30(31)38)26(15-20)35-22-7-4-2-3-5-8-22/h6,9-19,22,35H,2-5,7-8H2,1H3,(H2,31,38). The lowest BCUT2D eigenvalue weighted by Crippen LogP contribution is -2.22. The van der Waals surface area contributed by atoms with Gasteiger partial charge < -0.3 is 15.6 Å². The monoisotopic (exact) mass is 505 g/mol. The number of nitrogens with two attached hydrogens (primary N) is 1. The smallest absolute Gasteiger partial charge is 0.250 e. The number of amides is 1. The van der Waals surface area contributed by atoms with E-state index in [-0.39, 0.29) is 0 Å². The van der Waals surface area contributed by atoms with Gasteiger partial charge in [0.05, 0.1) is 35.2 Å². The van der Waals surface area contributed by atoms with E-state index < -0.39 is 5.91 Å². The fourth-order valence-corrected chi connectivity index (χ4v) is 5.47. The van der Waals surface area contributed by atoms with Crippen molar-refractivity contribution in [3.63, 3.8) is 0 Å². The molecule has 0 saturated heterocycles. The maximum absolute atomic E-state index is 12.3. The number of hydrogen-bond donors (Lipinski definition) is 2. The SMILES string of the molecule is Cn1cc(-c2cn(-c3cccc4c(-c5ccc(C(N)=O)c(NC6CCCCCC6)c5)nccc34)cn2)cn1. The first-order valence-corrected chi connectivity index (χ1v) is 13.2. The first-order valence-electron chi connectivity index (χ1n) is 13.2. The zero-order valence-corrected chi connectivity index (χ0v) is 21.5. The molecule has 0 bridgehead atoms. The van der Waals surface area contributed by atoms with E-state index in [0.717, 1.165) is 57.5 Å². The average Bonchev–Trinajstić information content (AvgIpc) is 3.51. The summed E-state index contributed by atoms with van der Waals surface area (Å²) in [7, 11) is 1.90. The molecule has 1 fully saturated rings. The fourth-order valence-electron chi connectivity index (χ4n) is 5.47. The molecule has 3 heterocycles. The minimum absolute atomic E-state index is 0.341. The molecule has 192 valence electrons. The highest BCUT2D eigenvalue weighted by Gasteiger charge is 2.18. The second kappa shape index (κ2) is 10.1. The summed E-state index contributed by atoms with van der Waals surface area (Å²) in [5.74, 6) is -0.426. The number of carbonyl (C=O) groups excluding carboxylic acids is 1. The predicted molar refractivity (Wildman–Crippen MR) is 150 cm³/mol. The molecule has 0 aliphatic heterocycles. The van der Waals surface area contributed by atoms with E-state index in [1.165, 1.54) is 25.7 Å². The van der Waals surface area contributed by atoms with E-state index in [1.54, 1.807) is 4.68 Å². The molecule has 1 saturated carbocycles. The van der Waals surface area contributed by atoms with Crippen molar-refractivity contribution in [1.82, 2.24) is 24.3 Å². The summed E-state index contributed by atoms with van der Waals surface area (Å²) in [5.41, 5.74) is 11.7. The second-order valence-electron chi connectivity index (χ2n) is 10.1. The molecule has 2 aromatic carbocycles. The van der Waals surface area contributed by atoms with Gasteiger partial charge in [-0.3, -0.25) is 14.5 Å². The summed E-state index contributed by atoms with van der Waals surface area (Å²) in [6.45, 7) is 0. The van der Waals surface area contributed by atoms with Crippen molar-refractivity contribution in [1.29, 1.82) is 0 Å². The number of pyridine rings is 1. The highest BCUT2D eigenvalue weighted by atomic mass is 16.1. The molecule has 0 spiro atoms. The lowest BCUT2D eigenvalue weighted by atomic mass is 9.99. The summed E-state index contributed by atoms with van der Waals surface area (Å²) in [6, 6.07) is 14.3. The van der Waals surface area contributed by atoms with Crippen LogP contribution in [0.1, 0.15) is 48.9 Å². The summed E-state index contributed by atoms with van der Waals surface area (Å²) in [5, 5.41) is 9.98. The Morgan fingerprint density at radius 3 is 2.58 bits per heavy atom. The van der Waals surface area contributed by atoms with E-state index in [1.807, 2.05) is 73.1 Å². The van der Waals surface area contributed by atoms with Crippen molar-refractivity contribution < 1.29 is 4.79 Å². The quantitative estimate of drug-likeness (QED) is 0.287. The van der Waals surface area contributed by atoms with Crippen LogP contribution in [0.2, 0.25) is 0 Å². The van der Waals surface area contributed by atoms with Crippen LogP contribution in [-0.2, 0) is 7.05 Å². The zero-order chi connectivity index (χ0) is 26.1. The van der Waals surface area contributed by atoms with Gasteiger partial charge in [0.15, 0.2) is 0 Å². The summed E-state index contributed by atoms with van der Waals surface area (Å²) in [6.07, 6.45) is 16.6. The molecule has 3 aromatic heterocycles. The average molecular weight is 506 g/mol. The lowest BCUT2D eigenvalue weighted by Gasteiger charge is -2.20. The number of carbonyl (C=O) groups is 1. The highest BCUT2D eigenvalue weighted by molar-refractivity contribution is 6.02. The van der Waals surface area contributed by atoms with Gasteiger partial charge in [-0.25, -0.2) is 4.98 Å². The van der Waals surface area contributed by atoms with Crippen LogP contribution in [0.5, 0.6) is 0 Å². The van der Waals surface area contributed by atoms with Crippen molar-refractivity contribution in [2.24, 2.45) is 12.8 Å². The summed E-state index contributed by atoms with van der Waals surface area (Å²) < 4.78 is 3.80. The van der Waals surface area contributed by atoms with E-state index >= 15 is 0 Å². The molecular formula is C30H31N7O. The Morgan fingerprint density at radius 2 is 1.82 bits per heavy atom. The van der Waals surface area contributed by atoms with Crippen molar-refractivity contribution in [2.45, 2.75) is 44.6 Å². The van der Waals surface area contributed by atoms with Gasteiger partial charge in [-0.2, -0.15) is 5.10 Å².